The van der Waals surface area contributed by atoms with Crippen molar-refractivity contribution in [3.05, 3.63) is 70.4 Å². The molecule has 2 heterocycles. The molecular formula is C22H24N4O3. The van der Waals surface area contributed by atoms with Crippen molar-refractivity contribution in [3.8, 4) is 17.4 Å². The second kappa shape index (κ2) is 8.53. The van der Waals surface area contributed by atoms with Gasteiger partial charge in [-0.25, -0.2) is 9.97 Å². The molecule has 0 radical (unpaired) electrons. The quantitative estimate of drug-likeness (QED) is 0.718. The van der Waals surface area contributed by atoms with Crippen LogP contribution in [-0.4, -0.2) is 30.7 Å². The van der Waals surface area contributed by atoms with Gasteiger partial charge in [0.2, 0.25) is 0 Å². The fourth-order valence-electron chi connectivity index (χ4n) is 3.76. The highest BCUT2D eigenvalue weighted by molar-refractivity contribution is 5.52. The Morgan fingerprint density at radius 3 is 2.52 bits per heavy atom. The third kappa shape index (κ3) is 4.35. The van der Waals surface area contributed by atoms with E-state index >= 15 is 0 Å². The van der Waals surface area contributed by atoms with Gasteiger partial charge >= 0.3 is 0 Å². The lowest BCUT2D eigenvalue weighted by molar-refractivity contribution is 0.128. The molecule has 0 spiro atoms. The smallest absolute Gasteiger partial charge is 0.299 e. The first-order chi connectivity index (χ1) is 14.1. The third-order valence-corrected chi connectivity index (χ3v) is 5.52. The van der Waals surface area contributed by atoms with Crippen LogP contribution in [0.25, 0.3) is 11.4 Å². The van der Waals surface area contributed by atoms with Crippen LogP contribution in [0.5, 0.6) is 6.01 Å². The Morgan fingerprint density at radius 1 is 1.10 bits per heavy atom. The third-order valence-electron chi connectivity index (χ3n) is 5.52. The van der Waals surface area contributed by atoms with Crippen molar-refractivity contribution in [2.45, 2.75) is 44.3 Å². The number of rotatable bonds is 5. The number of ether oxygens (including phenoxy) is 1. The minimum absolute atomic E-state index is 0.0294. The van der Waals surface area contributed by atoms with Crippen LogP contribution in [0.4, 0.5) is 0 Å². The van der Waals surface area contributed by atoms with Gasteiger partial charge in [0, 0.05) is 19.3 Å². The summed E-state index contributed by atoms with van der Waals surface area (Å²) in [7, 11) is 1.67. The lowest BCUT2D eigenvalue weighted by Gasteiger charge is -2.29. The zero-order chi connectivity index (χ0) is 20.2. The summed E-state index contributed by atoms with van der Waals surface area (Å²) in [6, 6.07) is 11.7. The molecular weight excluding hydrogens is 368 g/mol. The average Bonchev–Trinajstić information content (AvgIpc) is 2.78. The summed E-state index contributed by atoms with van der Waals surface area (Å²) < 4.78 is 7.56. The van der Waals surface area contributed by atoms with E-state index in [0.717, 1.165) is 31.2 Å². The highest BCUT2D eigenvalue weighted by Crippen LogP contribution is 2.34. The Hall–Kier alpha value is -3.06. The Balaban J connectivity index is 1.45. The minimum atomic E-state index is -0.179. The number of aromatic nitrogens is 4. The molecule has 1 aliphatic carbocycles. The van der Waals surface area contributed by atoms with E-state index in [1.165, 1.54) is 22.5 Å². The van der Waals surface area contributed by atoms with Gasteiger partial charge < -0.3 is 9.84 Å². The predicted octanol–water partition coefficient (Wildman–Crippen LogP) is 2.83. The standard InChI is InChI=1S/C22H24N4O3/c1-26-21(28)12-20(19-10-11-23-14-24-19)25-22(26)29-18-8-6-17(7-9-18)16-4-2-15(13-27)3-5-16/h2-5,10-12,14,17-18,27H,6-9,13H2,1H3/t17-,18+. The van der Waals surface area contributed by atoms with Gasteiger partial charge in [-0.15, -0.1) is 0 Å². The molecule has 3 aromatic rings. The topological polar surface area (TPSA) is 90.1 Å². The Labute approximate surface area is 169 Å². The molecule has 0 atom stereocenters. The Kier molecular flexibility index (Phi) is 5.67. The van der Waals surface area contributed by atoms with E-state index < -0.39 is 0 Å². The fraction of sp³-hybridized carbons (Fsp3) is 0.364. The maximum atomic E-state index is 12.3. The van der Waals surface area contributed by atoms with Crippen molar-refractivity contribution in [3.63, 3.8) is 0 Å². The van der Waals surface area contributed by atoms with Crippen LogP contribution in [0, 0.1) is 0 Å². The SMILES string of the molecule is Cn1c(O[C@H]2CC[C@@H](c3ccc(CO)cc3)CC2)nc(-c2ccncn2)cc1=O. The fourth-order valence-corrected chi connectivity index (χ4v) is 3.76. The van der Waals surface area contributed by atoms with Crippen molar-refractivity contribution in [1.82, 2.24) is 19.5 Å². The number of nitrogens with zero attached hydrogens (tertiary/aromatic N) is 4. The number of aliphatic hydroxyl groups excluding tert-OH is 1. The number of hydrogen-bond acceptors (Lipinski definition) is 6. The zero-order valence-corrected chi connectivity index (χ0v) is 16.4. The van der Waals surface area contributed by atoms with Crippen LogP contribution >= 0.6 is 0 Å². The van der Waals surface area contributed by atoms with Gasteiger partial charge in [-0.3, -0.25) is 9.36 Å². The first-order valence-corrected chi connectivity index (χ1v) is 9.85. The molecule has 2 aromatic heterocycles. The molecule has 4 rings (SSSR count). The minimum Gasteiger partial charge on any atom is -0.461 e. The van der Waals surface area contributed by atoms with Crippen LogP contribution in [0.15, 0.2) is 53.7 Å². The van der Waals surface area contributed by atoms with Crippen molar-refractivity contribution in [2.75, 3.05) is 0 Å². The summed E-state index contributed by atoms with van der Waals surface area (Å²) in [4.78, 5) is 24.9. The van der Waals surface area contributed by atoms with Gasteiger partial charge in [0.25, 0.3) is 11.6 Å². The summed E-state index contributed by atoms with van der Waals surface area (Å²) in [6.07, 6.45) is 6.92. The summed E-state index contributed by atoms with van der Waals surface area (Å²) in [5.74, 6) is 0.492. The monoisotopic (exact) mass is 392 g/mol. The van der Waals surface area contributed by atoms with E-state index in [4.69, 9.17) is 4.74 Å². The molecule has 1 saturated carbocycles. The summed E-state index contributed by atoms with van der Waals surface area (Å²) in [6.45, 7) is 0.0701. The number of aliphatic hydroxyl groups is 1. The Bertz CT molecular complexity index is 1010. The average molecular weight is 392 g/mol. The molecule has 0 bridgehead atoms. The maximum absolute atomic E-state index is 12.3. The first kappa shape index (κ1) is 19.3. The number of benzene rings is 1. The molecule has 1 fully saturated rings. The van der Waals surface area contributed by atoms with E-state index in [0.29, 0.717) is 23.3 Å². The summed E-state index contributed by atoms with van der Waals surface area (Å²) in [5, 5.41) is 9.19. The van der Waals surface area contributed by atoms with Crippen LogP contribution in [0.2, 0.25) is 0 Å². The lowest BCUT2D eigenvalue weighted by atomic mass is 9.82. The summed E-state index contributed by atoms with van der Waals surface area (Å²) >= 11 is 0. The highest BCUT2D eigenvalue weighted by Gasteiger charge is 2.25. The van der Waals surface area contributed by atoms with E-state index in [9.17, 15) is 9.90 Å². The second-order valence-corrected chi connectivity index (χ2v) is 7.41. The van der Waals surface area contributed by atoms with Crippen molar-refractivity contribution >= 4 is 0 Å². The molecule has 150 valence electrons. The maximum Gasteiger partial charge on any atom is 0.299 e. The first-order valence-electron chi connectivity index (χ1n) is 9.85. The molecule has 1 aliphatic rings. The van der Waals surface area contributed by atoms with E-state index in [2.05, 4.69) is 27.1 Å². The molecule has 7 nitrogen and oxygen atoms in total. The normalized spacial score (nSPS) is 19.1. The molecule has 29 heavy (non-hydrogen) atoms. The molecule has 7 heteroatoms. The number of hydrogen-bond donors (Lipinski definition) is 1. The Morgan fingerprint density at radius 2 is 1.86 bits per heavy atom. The van der Waals surface area contributed by atoms with Gasteiger partial charge in [-0.1, -0.05) is 24.3 Å². The van der Waals surface area contributed by atoms with E-state index in [-0.39, 0.29) is 18.3 Å². The lowest BCUT2D eigenvalue weighted by Crippen LogP contribution is -2.28. The van der Waals surface area contributed by atoms with Crippen molar-refractivity contribution in [2.24, 2.45) is 7.05 Å². The van der Waals surface area contributed by atoms with Gasteiger partial charge in [-0.2, -0.15) is 4.98 Å². The molecule has 0 saturated heterocycles. The highest BCUT2D eigenvalue weighted by atomic mass is 16.5. The molecule has 0 amide bonds. The largest absolute Gasteiger partial charge is 0.461 e. The molecule has 0 unspecified atom stereocenters. The van der Waals surface area contributed by atoms with Crippen LogP contribution in [0.1, 0.15) is 42.7 Å². The second-order valence-electron chi connectivity index (χ2n) is 7.41. The van der Waals surface area contributed by atoms with Crippen LogP contribution < -0.4 is 10.3 Å². The van der Waals surface area contributed by atoms with Crippen molar-refractivity contribution in [1.29, 1.82) is 0 Å². The van der Waals surface area contributed by atoms with Gasteiger partial charge in [0.15, 0.2) is 0 Å². The molecule has 1 aromatic carbocycles. The molecule has 0 aliphatic heterocycles. The van der Waals surface area contributed by atoms with Crippen LogP contribution in [0.3, 0.4) is 0 Å². The van der Waals surface area contributed by atoms with Gasteiger partial charge in [0.1, 0.15) is 12.4 Å². The molecule has 1 N–H and O–H groups in total. The van der Waals surface area contributed by atoms with Crippen molar-refractivity contribution < 1.29 is 9.84 Å². The van der Waals surface area contributed by atoms with Gasteiger partial charge in [0.05, 0.1) is 18.0 Å². The predicted molar refractivity (Wildman–Crippen MR) is 108 cm³/mol. The van der Waals surface area contributed by atoms with Crippen LogP contribution in [-0.2, 0) is 13.7 Å². The zero-order valence-electron chi connectivity index (χ0n) is 16.4. The van der Waals surface area contributed by atoms with E-state index in [1.807, 2.05) is 12.1 Å². The summed E-state index contributed by atoms with van der Waals surface area (Å²) in [5.41, 5.74) is 3.14. The van der Waals surface area contributed by atoms with E-state index in [1.54, 1.807) is 19.3 Å². The van der Waals surface area contributed by atoms with Gasteiger partial charge in [-0.05, 0) is 48.8 Å².